The molecule has 2 rings (SSSR count). The maximum Gasteiger partial charge on any atom is 0.0779 e. The van der Waals surface area contributed by atoms with Gasteiger partial charge >= 0.3 is 0 Å². The van der Waals surface area contributed by atoms with Crippen molar-refractivity contribution >= 4 is 17.2 Å². The number of nitrogens with zero attached hydrogens (tertiary/aromatic N) is 1. The van der Waals surface area contributed by atoms with Gasteiger partial charge in [0.05, 0.1) is 4.99 Å². The van der Waals surface area contributed by atoms with Crippen LogP contribution in [0.15, 0.2) is 30.3 Å². The van der Waals surface area contributed by atoms with Crippen LogP contribution >= 0.6 is 12.2 Å². The third kappa shape index (κ3) is 2.62. The second-order valence-electron chi connectivity index (χ2n) is 4.49. The molecule has 1 heterocycles. The zero-order valence-corrected chi connectivity index (χ0v) is 10.7. The van der Waals surface area contributed by atoms with Gasteiger partial charge in [0.1, 0.15) is 0 Å². The fraction of sp³-hybridized carbons (Fsp3) is 0.500. The maximum atomic E-state index is 5.44. The predicted molar refractivity (Wildman–Crippen MR) is 72.9 cm³/mol. The number of hydrogen-bond acceptors (Lipinski definition) is 1. The van der Waals surface area contributed by atoms with Gasteiger partial charge in [-0.05, 0) is 24.8 Å². The van der Waals surface area contributed by atoms with Gasteiger partial charge in [0.25, 0.3) is 0 Å². The lowest BCUT2D eigenvalue weighted by molar-refractivity contribution is 0.507. The van der Waals surface area contributed by atoms with E-state index < -0.39 is 0 Å². The fourth-order valence-electron chi connectivity index (χ4n) is 2.36. The summed E-state index contributed by atoms with van der Waals surface area (Å²) >= 11 is 5.44. The first-order valence-electron chi connectivity index (χ1n) is 6.14. The van der Waals surface area contributed by atoms with Gasteiger partial charge in [-0.25, -0.2) is 0 Å². The van der Waals surface area contributed by atoms with E-state index >= 15 is 0 Å². The summed E-state index contributed by atoms with van der Waals surface area (Å²) < 4.78 is 0. The van der Waals surface area contributed by atoms with Crippen LogP contribution in [0.2, 0.25) is 0 Å². The smallest absolute Gasteiger partial charge is 0.0779 e. The van der Waals surface area contributed by atoms with Crippen LogP contribution in [0.3, 0.4) is 0 Å². The summed E-state index contributed by atoms with van der Waals surface area (Å²) in [5.41, 5.74) is 1.46. The van der Waals surface area contributed by atoms with Gasteiger partial charge in [-0.1, -0.05) is 49.5 Å². The molecule has 0 aromatic heterocycles. The monoisotopic (exact) mass is 233 g/mol. The highest BCUT2D eigenvalue weighted by Gasteiger charge is 2.24. The highest BCUT2D eigenvalue weighted by atomic mass is 32.1. The molecule has 1 fully saturated rings. The Bertz CT molecular complexity index is 347. The zero-order valence-electron chi connectivity index (χ0n) is 9.86. The lowest BCUT2D eigenvalue weighted by atomic mass is 9.99. The van der Waals surface area contributed by atoms with Crippen LogP contribution < -0.4 is 0 Å². The van der Waals surface area contributed by atoms with Crippen molar-refractivity contribution in [2.24, 2.45) is 0 Å². The average molecular weight is 233 g/mol. The van der Waals surface area contributed by atoms with Crippen molar-refractivity contribution in [3.63, 3.8) is 0 Å². The Kier molecular flexibility index (Phi) is 3.94. The molecule has 0 amide bonds. The van der Waals surface area contributed by atoms with E-state index in [0.29, 0.717) is 5.92 Å². The molecule has 0 N–H and O–H groups in total. The van der Waals surface area contributed by atoms with Gasteiger partial charge in [0.15, 0.2) is 0 Å². The van der Waals surface area contributed by atoms with E-state index in [4.69, 9.17) is 12.2 Å². The van der Waals surface area contributed by atoms with E-state index in [1.807, 2.05) is 0 Å². The van der Waals surface area contributed by atoms with Crippen LogP contribution in [0.1, 0.15) is 37.7 Å². The average Bonchev–Trinajstić information content (AvgIpc) is 2.80. The second-order valence-corrected chi connectivity index (χ2v) is 4.96. The first-order valence-corrected chi connectivity index (χ1v) is 6.54. The van der Waals surface area contributed by atoms with Crippen molar-refractivity contribution in [3.05, 3.63) is 35.9 Å². The van der Waals surface area contributed by atoms with Crippen LogP contribution in [0.5, 0.6) is 0 Å². The van der Waals surface area contributed by atoms with Gasteiger partial charge in [-0.2, -0.15) is 0 Å². The number of rotatable bonds is 3. The van der Waals surface area contributed by atoms with E-state index in [9.17, 15) is 0 Å². The maximum absolute atomic E-state index is 5.44. The summed E-state index contributed by atoms with van der Waals surface area (Å²) in [5, 5.41) is 0. The van der Waals surface area contributed by atoms with Gasteiger partial charge in [0.2, 0.25) is 0 Å². The minimum atomic E-state index is 0.677. The Morgan fingerprint density at radius 3 is 2.81 bits per heavy atom. The van der Waals surface area contributed by atoms with Crippen LogP contribution in [-0.4, -0.2) is 23.0 Å². The summed E-state index contributed by atoms with van der Waals surface area (Å²) in [5.74, 6) is 0.677. The Hall–Kier alpha value is -0.890. The summed E-state index contributed by atoms with van der Waals surface area (Å²) in [6.07, 6.45) is 3.47. The molecule has 2 heteroatoms. The SMILES string of the molecule is CCCC(=S)N1CCC(c2ccccc2)C1. The van der Waals surface area contributed by atoms with Crippen molar-refractivity contribution in [2.45, 2.75) is 32.1 Å². The van der Waals surface area contributed by atoms with Crippen LogP contribution in [-0.2, 0) is 0 Å². The molecule has 86 valence electrons. The lowest BCUT2D eigenvalue weighted by Crippen LogP contribution is -2.26. The highest BCUT2D eigenvalue weighted by Crippen LogP contribution is 2.27. The first-order chi connectivity index (χ1) is 7.81. The summed E-state index contributed by atoms with van der Waals surface area (Å²) in [6, 6.07) is 10.8. The fourth-order valence-corrected chi connectivity index (χ4v) is 2.73. The predicted octanol–water partition coefficient (Wildman–Crippen LogP) is 3.60. The number of thiocarbonyl (C=S) groups is 1. The molecule has 0 radical (unpaired) electrons. The molecule has 1 unspecified atom stereocenters. The quantitative estimate of drug-likeness (QED) is 0.734. The summed E-state index contributed by atoms with van der Waals surface area (Å²) in [6.45, 7) is 4.44. The molecule has 1 aromatic carbocycles. The molecule has 0 saturated carbocycles. The topological polar surface area (TPSA) is 3.24 Å². The number of likely N-dealkylation sites (tertiary alicyclic amines) is 1. The van der Waals surface area contributed by atoms with E-state index in [1.165, 1.54) is 12.0 Å². The van der Waals surface area contributed by atoms with Crippen molar-refractivity contribution in [1.29, 1.82) is 0 Å². The zero-order chi connectivity index (χ0) is 11.4. The number of benzene rings is 1. The minimum absolute atomic E-state index is 0.677. The Balaban J connectivity index is 1.96. The van der Waals surface area contributed by atoms with Crippen LogP contribution in [0, 0.1) is 0 Å². The van der Waals surface area contributed by atoms with Crippen LogP contribution in [0.25, 0.3) is 0 Å². The minimum Gasteiger partial charge on any atom is -0.366 e. The number of hydrogen-bond donors (Lipinski definition) is 0. The molecule has 0 aliphatic carbocycles. The molecule has 1 aliphatic heterocycles. The van der Waals surface area contributed by atoms with Crippen molar-refractivity contribution < 1.29 is 0 Å². The Labute approximate surface area is 103 Å². The van der Waals surface area contributed by atoms with E-state index in [-0.39, 0.29) is 0 Å². The van der Waals surface area contributed by atoms with Gasteiger partial charge < -0.3 is 4.90 Å². The van der Waals surface area contributed by atoms with E-state index in [2.05, 4.69) is 42.2 Å². The Morgan fingerprint density at radius 1 is 1.38 bits per heavy atom. The first kappa shape index (κ1) is 11.6. The van der Waals surface area contributed by atoms with Gasteiger partial charge in [0, 0.05) is 19.0 Å². The standard InChI is InChI=1S/C14H19NS/c1-2-6-14(16)15-10-9-13(11-15)12-7-4-3-5-8-12/h3-5,7-8,13H,2,6,9-11H2,1H3. The van der Waals surface area contributed by atoms with Crippen molar-refractivity contribution in [1.82, 2.24) is 4.90 Å². The van der Waals surface area contributed by atoms with E-state index in [1.54, 1.807) is 0 Å². The highest BCUT2D eigenvalue weighted by molar-refractivity contribution is 7.80. The van der Waals surface area contributed by atoms with Crippen molar-refractivity contribution in [2.75, 3.05) is 13.1 Å². The van der Waals surface area contributed by atoms with Crippen LogP contribution in [0.4, 0.5) is 0 Å². The lowest BCUT2D eigenvalue weighted by Gasteiger charge is -2.19. The summed E-state index contributed by atoms with van der Waals surface area (Å²) in [7, 11) is 0. The molecule has 1 nitrogen and oxygen atoms in total. The Morgan fingerprint density at radius 2 is 2.12 bits per heavy atom. The molecule has 1 saturated heterocycles. The largest absolute Gasteiger partial charge is 0.366 e. The van der Waals surface area contributed by atoms with E-state index in [0.717, 1.165) is 30.9 Å². The molecule has 1 aliphatic rings. The molecule has 1 aromatic rings. The molecule has 0 spiro atoms. The molecular weight excluding hydrogens is 214 g/mol. The molecule has 16 heavy (non-hydrogen) atoms. The third-order valence-electron chi connectivity index (χ3n) is 3.28. The molecule has 0 bridgehead atoms. The van der Waals surface area contributed by atoms with Gasteiger partial charge in [-0.15, -0.1) is 0 Å². The van der Waals surface area contributed by atoms with Crippen molar-refractivity contribution in [3.8, 4) is 0 Å². The normalized spacial score (nSPS) is 20.1. The third-order valence-corrected chi connectivity index (χ3v) is 3.74. The molecular formula is C14H19NS. The molecule has 1 atom stereocenters. The summed E-state index contributed by atoms with van der Waals surface area (Å²) in [4.78, 5) is 3.54. The van der Waals surface area contributed by atoms with Gasteiger partial charge in [-0.3, -0.25) is 0 Å². The second kappa shape index (κ2) is 5.44.